The summed E-state index contributed by atoms with van der Waals surface area (Å²) in [5.74, 6) is 1.67. The molecule has 0 aromatic heterocycles. The van der Waals surface area contributed by atoms with Gasteiger partial charge in [-0.3, -0.25) is 4.79 Å². The van der Waals surface area contributed by atoms with E-state index >= 15 is 0 Å². The molecule has 0 radical (unpaired) electrons. The largest absolute Gasteiger partial charge is 0.325 e. The van der Waals surface area contributed by atoms with E-state index in [1.807, 2.05) is 30.3 Å². The molecule has 0 heterocycles. The Labute approximate surface area is 89.1 Å². The van der Waals surface area contributed by atoms with Gasteiger partial charge in [-0.25, -0.2) is 0 Å². The van der Waals surface area contributed by atoms with Crippen LogP contribution in [0.5, 0.6) is 0 Å². The second-order valence-electron chi connectivity index (χ2n) is 2.97. The van der Waals surface area contributed by atoms with Crippen LogP contribution in [-0.4, -0.2) is 17.4 Å². The Bertz CT molecular complexity index is 274. The van der Waals surface area contributed by atoms with Crippen LogP contribution in [0.1, 0.15) is 13.3 Å². The van der Waals surface area contributed by atoms with E-state index in [1.54, 1.807) is 11.8 Å². The highest BCUT2D eigenvalue weighted by atomic mass is 32.2. The molecule has 0 atom stereocenters. The number of hydrogen-bond acceptors (Lipinski definition) is 2. The van der Waals surface area contributed by atoms with Crippen molar-refractivity contribution < 1.29 is 4.79 Å². The van der Waals surface area contributed by atoms with Gasteiger partial charge in [-0.1, -0.05) is 25.1 Å². The first-order valence-corrected chi connectivity index (χ1v) is 5.91. The zero-order chi connectivity index (χ0) is 10.2. The number of para-hydroxylation sites is 1. The van der Waals surface area contributed by atoms with Crippen LogP contribution in [-0.2, 0) is 4.79 Å². The molecule has 1 aromatic carbocycles. The molecule has 1 N–H and O–H groups in total. The maximum Gasteiger partial charge on any atom is 0.234 e. The quantitative estimate of drug-likeness (QED) is 0.755. The summed E-state index contributed by atoms with van der Waals surface area (Å²) in [6, 6.07) is 9.54. The average Bonchev–Trinajstić information content (AvgIpc) is 2.20. The van der Waals surface area contributed by atoms with E-state index in [0.717, 1.165) is 17.9 Å². The van der Waals surface area contributed by atoms with Gasteiger partial charge < -0.3 is 5.32 Å². The molecular weight excluding hydrogens is 194 g/mol. The molecule has 14 heavy (non-hydrogen) atoms. The molecule has 1 amide bonds. The van der Waals surface area contributed by atoms with Gasteiger partial charge in [-0.05, 0) is 24.3 Å². The number of benzene rings is 1. The van der Waals surface area contributed by atoms with Crippen LogP contribution < -0.4 is 5.32 Å². The summed E-state index contributed by atoms with van der Waals surface area (Å²) in [5, 5.41) is 2.84. The molecule has 0 saturated heterocycles. The Balaban J connectivity index is 2.27. The minimum absolute atomic E-state index is 0.0784. The first kappa shape index (κ1) is 11.1. The summed E-state index contributed by atoms with van der Waals surface area (Å²) >= 11 is 1.67. The van der Waals surface area contributed by atoms with Crippen molar-refractivity contribution in [2.75, 3.05) is 16.8 Å². The summed E-state index contributed by atoms with van der Waals surface area (Å²) in [6.45, 7) is 2.11. The molecule has 1 aromatic rings. The Kier molecular flexibility index (Phi) is 5.15. The fourth-order valence-corrected chi connectivity index (χ4v) is 1.72. The third-order valence-electron chi connectivity index (χ3n) is 1.64. The van der Waals surface area contributed by atoms with Crippen LogP contribution in [0, 0.1) is 0 Å². The molecule has 1 rings (SSSR count). The number of hydrogen-bond donors (Lipinski definition) is 1. The number of nitrogens with one attached hydrogen (secondary N) is 1. The molecule has 0 unspecified atom stereocenters. The lowest BCUT2D eigenvalue weighted by molar-refractivity contribution is -0.113. The highest BCUT2D eigenvalue weighted by molar-refractivity contribution is 7.99. The van der Waals surface area contributed by atoms with Crippen LogP contribution >= 0.6 is 11.8 Å². The van der Waals surface area contributed by atoms with Gasteiger partial charge in [0.15, 0.2) is 0 Å². The molecule has 0 fully saturated rings. The van der Waals surface area contributed by atoms with E-state index < -0.39 is 0 Å². The molecule has 0 aliphatic heterocycles. The van der Waals surface area contributed by atoms with Gasteiger partial charge in [0.05, 0.1) is 5.75 Å². The van der Waals surface area contributed by atoms with Gasteiger partial charge in [0.1, 0.15) is 0 Å². The van der Waals surface area contributed by atoms with E-state index in [1.165, 1.54) is 0 Å². The molecule has 2 nitrogen and oxygen atoms in total. The lowest BCUT2D eigenvalue weighted by Gasteiger charge is -2.03. The zero-order valence-electron chi connectivity index (χ0n) is 8.32. The highest BCUT2D eigenvalue weighted by Crippen LogP contribution is 2.07. The number of thioether (sulfide) groups is 1. The topological polar surface area (TPSA) is 29.1 Å². The average molecular weight is 209 g/mol. The first-order valence-electron chi connectivity index (χ1n) is 4.75. The summed E-state index contributed by atoms with van der Waals surface area (Å²) in [4.78, 5) is 11.4. The van der Waals surface area contributed by atoms with Crippen molar-refractivity contribution in [2.24, 2.45) is 0 Å². The SMILES string of the molecule is CCCSCC(=O)Nc1ccccc1. The fraction of sp³-hybridized carbons (Fsp3) is 0.364. The van der Waals surface area contributed by atoms with Gasteiger partial charge in [0, 0.05) is 5.69 Å². The Hall–Kier alpha value is -0.960. The smallest absolute Gasteiger partial charge is 0.234 e. The number of anilines is 1. The number of amides is 1. The standard InChI is InChI=1S/C11H15NOS/c1-2-8-14-9-11(13)12-10-6-4-3-5-7-10/h3-7H,2,8-9H2,1H3,(H,12,13). The molecule has 0 saturated carbocycles. The van der Waals surface area contributed by atoms with Gasteiger partial charge in [-0.2, -0.15) is 11.8 Å². The molecule has 0 aliphatic rings. The molecule has 0 bridgehead atoms. The second kappa shape index (κ2) is 6.49. The Morgan fingerprint density at radius 1 is 1.36 bits per heavy atom. The van der Waals surface area contributed by atoms with Crippen LogP contribution in [0.4, 0.5) is 5.69 Å². The van der Waals surface area contributed by atoms with E-state index in [4.69, 9.17) is 0 Å². The maximum absolute atomic E-state index is 11.4. The monoisotopic (exact) mass is 209 g/mol. The van der Waals surface area contributed by atoms with Crippen LogP contribution in [0.15, 0.2) is 30.3 Å². The summed E-state index contributed by atoms with van der Waals surface area (Å²) in [7, 11) is 0. The molecule has 76 valence electrons. The van der Waals surface area contributed by atoms with Crippen molar-refractivity contribution in [1.82, 2.24) is 0 Å². The van der Waals surface area contributed by atoms with Crippen LogP contribution in [0.3, 0.4) is 0 Å². The minimum atomic E-state index is 0.0784. The predicted octanol–water partition coefficient (Wildman–Crippen LogP) is 2.77. The number of rotatable bonds is 5. The van der Waals surface area contributed by atoms with Crippen molar-refractivity contribution in [3.05, 3.63) is 30.3 Å². The van der Waals surface area contributed by atoms with Crippen molar-refractivity contribution >= 4 is 23.4 Å². The minimum Gasteiger partial charge on any atom is -0.325 e. The molecule has 3 heteroatoms. The maximum atomic E-state index is 11.4. The summed E-state index contributed by atoms with van der Waals surface area (Å²) < 4.78 is 0. The Morgan fingerprint density at radius 2 is 2.07 bits per heavy atom. The zero-order valence-corrected chi connectivity index (χ0v) is 9.14. The van der Waals surface area contributed by atoms with E-state index in [-0.39, 0.29) is 5.91 Å². The number of carbonyl (C=O) groups excluding carboxylic acids is 1. The lowest BCUT2D eigenvalue weighted by Crippen LogP contribution is -2.14. The summed E-state index contributed by atoms with van der Waals surface area (Å²) in [5.41, 5.74) is 0.870. The van der Waals surface area contributed by atoms with Crippen molar-refractivity contribution in [1.29, 1.82) is 0 Å². The first-order chi connectivity index (χ1) is 6.83. The predicted molar refractivity (Wildman–Crippen MR) is 62.7 cm³/mol. The van der Waals surface area contributed by atoms with Crippen molar-refractivity contribution in [3.63, 3.8) is 0 Å². The third kappa shape index (κ3) is 4.33. The lowest BCUT2D eigenvalue weighted by atomic mass is 10.3. The molecular formula is C11H15NOS. The van der Waals surface area contributed by atoms with Gasteiger partial charge in [0.2, 0.25) is 5.91 Å². The van der Waals surface area contributed by atoms with Gasteiger partial charge in [0.25, 0.3) is 0 Å². The number of carbonyl (C=O) groups is 1. The van der Waals surface area contributed by atoms with E-state index in [9.17, 15) is 4.79 Å². The molecule has 0 aliphatic carbocycles. The molecule has 0 spiro atoms. The van der Waals surface area contributed by atoms with Crippen molar-refractivity contribution in [3.8, 4) is 0 Å². The fourth-order valence-electron chi connectivity index (χ4n) is 1.03. The van der Waals surface area contributed by atoms with Crippen LogP contribution in [0.2, 0.25) is 0 Å². The van der Waals surface area contributed by atoms with Crippen LogP contribution in [0.25, 0.3) is 0 Å². The van der Waals surface area contributed by atoms with Gasteiger partial charge >= 0.3 is 0 Å². The third-order valence-corrected chi connectivity index (χ3v) is 2.80. The van der Waals surface area contributed by atoms with Crippen molar-refractivity contribution in [2.45, 2.75) is 13.3 Å². The second-order valence-corrected chi connectivity index (χ2v) is 4.07. The summed E-state index contributed by atoms with van der Waals surface area (Å²) in [6.07, 6.45) is 1.11. The highest BCUT2D eigenvalue weighted by Gasteiger charge is 2.00. The van der Waals surface area contributed by atoms with E-state index in [2.05, 4.69) is 12.2 Å². The Morgan fingerprint density at radius 3 is 2.71 bits per heavy atom. The van der Waals surface area contributed by atoms with E-state index in [0.29, 0.717) is 5.75 Å². The normalized spacial score (nSPS) is 9.79. The van der Waals surface area contributed by atoms with Gasteiger partial charge in [-0.15, -0.1) is 0 Å².